The first-order valence-electron chi connectivity index (χ1n) is 11.9. The summed E-state index contributed by atoms with van der Waals surface area (Å²) in [4.78, 5) is 30.8. The number of nitrogens with zero attached hydrogens (tertiary/aromatic N) is 6. The number of aliphatic hydroxyl groups excluding tert-OH is 1. The molecule has 188 valence electrons. The quantitative estimate of drug-likeness (QED) is 0.316. The molecule has 4 aromatic rings. The lowest BCUT2D eigenvalue weighted by Gasteiger charge is -2.31. The average Bonchev–Trinajstić information content (AvgIpc) is 3.57. The highest BCUT2D eigenvalue weighted by molar-refractivity contribution is 6.07. The summed E-state index contributed by atoms with van der Waals surface area (Å²) < 4.78 is 1.22. The lowest BCUT2D eigenvalue weighted by molar-refractivity contribution is -0.744. The summed E-state index contributed by atoms with van der Waals surface area (Å²) in [5, 5.41) is 26.5. The normalized spacial score (nSPS) is 16.9. The Balaban J connectivity index is 1.52. The Kier molecular flexibility index (Phi) is 6.24. The van der Waals surface area contributed by atoms with Gasteiger partial charge in [0.15, 0.2) is 17.3 Å². The van der Waals surface area contributed by atoms with Crippen LogP contribution in [-0.2, 0) is 6.54 Å². The van der Waals surface area contributed by atoms with Crippen LogP contribution in [0.5, 0.6) is 0 Å². The van der Waals surface area contributed by atoms with Crippen molar-refractivity contribution in [1.29, 1.82) is 0 Å². The standard InChI is InChI=1S/C26H26N8O3/c1-4-16(2)24-27-23-21(25(36)34(3,13-14-35)26(37)28-23)33(24)15-17-9-11-18(12-10-17)19-7-5-6-8-20(19)22-29-31-32-30-22/h5-12,35H,2,4,13-15H2,1,3H3,(H-,28,29,30,31,32,36,37)/p+1. The summed E-state index contributed by atoms with van der Waals surface area (Å²) in [7, 11) is 1.50. The lowest BCUT2D eigenvalue weighted by Crippen LogP contribution is -2.60. The van der Waals surface area contributed by atoms with Crippen LogP contribution in [-0.4, -0.2) is 71.9 Å². The number of nitrogens with one attached hydrogen (secondary N) is 2. The van der Waals surface area contributed by atoms with Gasteiger partial charge in [0.1, 0.15) is 12.4 Å². The lowest BCUT2D eigenvalue weighted by atomic mass is 9.98. The van der Waals surface area contributed by atoms with Crippen molar-refractivity contribution in [1.82, 2.24) is 30.2 Å². The highest BCUT2D eigenvalue weighted by atomic mass is 16.3. The SMILES string of the molecule is C=C(CC)c1nc2c(n1Cc1ccc(-c3ccccc3-c3nnn[nH]3)cc1)C(=O)[N+](C)(CCO)C(=O)N2. The molecule has 1 atom stereocenters. The van der Waals surface area contributed by atoms with Gasteiger partial charge in [0, 0.05) is 5.56 Å². The van der Waals surface area contributed by atoms with E-state index in [1.165, 1.54) is 7.05 Å². The molecular formula is C26H27N8O3+. The number of hydrogen-bond acceptors (Lipinski definition) is 7. The number of allylic oxidation sites excluding steroid dienone is 1. The van der Waals surface area contributed by atoms with Crippen molar-refractivity contribution in [3.05, 3.63) is 72.2 Å². The van der Waals surface area contributed by atoms with Gasteiger partial charge in [0.05, 0.1) is 20.2 Å². The number of aromatic amines is 1. The number of carbonyl (C=O) groups excluding carboxylic acids is 2. The maximum atomic E-state index is 13.6. The van der Waals surface area contributed by atoms with Gasteiger partial charge in [0.25, 0.3) is 0 Å². The molecule has 3 N–H and O–H groups in total. The van der Waals surface area contributed by atoms with E-state index in [-0.39, 0.29) is 19.0 Å². The maximum Gasteiger partial charge on any atom is 0.429 e. The summed E-state index contributed by atoms with van der Waals surface area (Å²) in [5.41, 5.74) is 4.83. The minimum absolute atomic E-state index is 0.0336. The number of benzene rings is 2. The van der Waals surface area contributed by atoms with E-state index in [0.717, 1.165) is 27.8 Å². The van der Waals surface area contributed by atoms with E-state index in [0.29, 0.717) is 30.3 Å². The zero-order valence-corrected chi connectivity index (χ0v) is 20.6. The fourth-order valence-corrected chi connectivity index (χ4v) is 4.48. The fourth-order valence-electron chi connectivity index (χ4n) is 4.48. The van der Waals surface area contributed by atoms with Crippen molar-refractivity contribution in [2.45, 2.75) is 19.9 Å². The number of amides is 3. The van der Waals surface area contributed by atoms with Gasteiger partial charge in [0.2, 0.25) is 0 Å². The molecule has 0 saturated heterocycles. The number of carbonyl (C=O) groups is 2. The first-order chi connectivity index (χ1) is 17.9. The van der Waals surface area contributed by atoms with E-state index in [1.807, 2.05) is 55.5 Å². The van der Waals surface area contributed by atoms with Crippen molar-refractivity contribution in [3.8, 4) is 22.5 Å². The monoisotopic (exact) mass is 499 g/mol. The number of rotatable bonds is 8. The minimum Gasteiger partial charge on any atom is -0.390 e. The number of H-pyrrole nitrogens is 1. The third-order valence-corrected chi connectivity index (χ3v) is 6.72. The summed E-state index contributed by atoms with van der Waals surface area (Å²) in [6.07, 6.45) is 0.632. The number of hydrogen-bond donors (Lipinski definition) is 3. The third kappa shape index (κ3) is 4.13. The van der Waals surface area contributed by atoms with Crippen LogP contribution in [0, 0.1) is 0 Å². The summed E-state index contributed by atoms with van der Waals surface area (Å²) >= 11 is 0. The number of fused-ring (bicyclic) bond motifs is 1. The summed E-state index contributed by atoms with van der Waals surface area (Å²) in [6.45, 7) is 6.10. The number of quaternary nitrogens is 1. The number of likely N-dealkylation sites (N-methyl/N-ethyl adjacent to an activating group) is 1. The smallest absolute Gasteiger partial charge is 0.390 e. The van der Waals surface area contributed by atoms with Crippen LogP contribution in [0.25, 0.3) is 28.1 Å². The van der Waals surface area contributed by atoms with Gasteiger partial charge in [-0.15, -0.1) is 5.10 Å². The number of imide groups is 1. The number of aliphatic hydroxyl groups is 1. The molecule has 2 aromatic carbocycles. The van der Waals surface area contributed by atoms with Crippen molar-refractivity contribution >= 4 is 23.3 Å². The molecule has 0 aliphatic carbocycles. The van der Waals surface area contributed by atoms with Crippen LogP contribution in [0.3, 0.4) is 0 Å². The van der Waals surface area contributed by atoms with Crippen molar-refractivity contribution in [2.75, 3.05) is 25.5 Å². The van der Waals surface area contributed by atoms with E-state index in [9.17, 15) is 14.7 Å². The molecule has 3 amide bonds. The molecular weight excluding hydrogens is 472 g/mol. The molecule has 0 spiro atoms. The number of imidazole rings is 1. The Labute approximate surface area is 213 Å². The highest BCUT2D eigenvalue weighted by Crippen LogP contribution is 2.33. The van der Waals surface area contributed by atoms with E-state index in [4.69, 9.17) is 0 Å². The molecule has 11 nitrogen and oxygen atoms in total. The minimum atomic E-state index is -0.584. The Morgan fingerprint density at radius 3 is 2.49 bits per heavy atom. The molecule has 1 aliphatic rings. The van der Waals surface area contributed by atoms with Crippen LogP contribution in [0.4, 0.5) is 10.6 Å². The predicted octanol–water partition coefficient (Wildman–Crippen LogP) is 3.33. The van der Waals surface area contributed by atoms with E-state index < -0.39 is 16.4 Å². The Bertz CT molecular complexity index is 1490. The number of tetrazole rings is 1. The molecule has 37 heavy (non-hydrogen) atoms. The zero-order valence-electron chi connectivity index (χ0n) is 20.6. The molecule has 2 aromatic heterocycles. The first-order valence-corrected chi connectivity index (χ1v) is 11.9. The molecule has 1 aliphatic heterocycles. The van der Waals surface area contributed by atoms with Crippen LogP contribution in [0.15, 0.2) is 55.1 Å². The number of anilines is 1. The topological polar surface area (TPSA) is 139 Å². The van der Waals surface area contributed by atoms with Crippen LogP contribution >= 0.6 is 0 Å². The summed E-state index contributed by atoms with van der Waals surface area (Å²) in [5.74, 6) is 0.934. The molecule has 11 heteroatoms. The van der Waals surface area contributed by atoms with Crippen LogP contribution < -0.4 is 5.32 Å². The van der Waals surface area contributed by atoms with Gasteiger partial charge >= 0.3 is 11.9 Å². The third-order valence-electron chi connectivity index (χ3n) is 6.72. The maximum absolute atomic E-state index is 13.6. The van der Waals surface area contributed by atoms with Crippen molar-refractivity contribution < 1.29 is 19.2 Å². The van der Waals surface area contributed by atoms with Crippen LogP contribution in [0.1, 0.15) is 35.2 Å². The van der Waals surface area contributed by atoms with E-state index in [2.05, 4.69) is 37.5 Å². The van der Waals surface area contributed by atoms with Crippen molar-refractivity contribution in [2.24, 2.45) is 0 Å². The van der Waals surface area contributed by atoms with Gasteiger partial charge in [-0.25, -0.2) is 19.7 Å². The van der Waals surface area contributed by atoms with Gasteiger partial charge in [-0.1, -0.05) is 62.0 Å². The molecule has 0 radical (unpaired) electrons. The number of urea groups is 1. The van der Waals surface area contributed by atoms with Gasteiger partial charge in [-0.3, -0.25) is 5.32 Å². The Hall–Kier alpha value is -4.48. The average molecular weight is 500 g/mol. The predicted molar refractivity (Wildman–Crippen MR) is 137 cm³/mol. The van der Waals surface area contributed by atoms with Crippen molar-refractivity contribution in [3.63, 3.8) is 0 Å². The van der Waals surface area contributed by atoms with Gasteiger partial charge in [-0.2, -0.15) is 4.48 Å². The second kappa shape index (κ2) is 9.52. The largest absolute Gasteiger partial charge is 0.429 e. The zero-order chi connectivity index (χ0) is 26.2. The molecule has 3 heterocycles. The van der Waals surface area contributed by atoms with E-state index in [1.54, 1.807) is 4.57 Å². The number of aromatic nitrogens is 6. The first kappa shape index (κ1) is 24.2. The fraction of sp³-hybridized carbons (Fsp3) is 0.231. The molecule has 0 bridgehead atoms. The second-order valence-corrected chi connectivity index (χ2v) is 9.04. The molecule has 0 saturated carbocycles. The summed E-state index contributed by atoms with van der Waals surface area (Å²) in [6, 6.07) is 15.3. The van der Waals surface area contributed by atoms with Crippen LogP contribution in [0.2, 0.25) is 0 Å². The highest BCUT2D eigenvalue weighted by Gasteiger charge is 2.49. The Morgan fingerprint density at radius 1 is 1.11 bits per heavy atom. The molecule has 1 unspecified atom stereocenters. The van der Waals surface area contributed by atoms with Gasteiger partial charge < -0.3 is 9.67 Å². The Morgan fingerprint density at radius 2 is 1.84 bits per heavy atom. The molecule has 0 fully saturated rings. The molecule has 5 rings (SSSR count). The van der Waals surface area contributed by atoms with Gasteiger partial charge in [-0.05, 0) is 39.1 Å². The second-order valence-electron chi connectivity index (χ2n) is 9.04. The van der Waals surface area contributed by atoms with E-state index >= 15 is 0 Å².